The van der Waals surface area contributed by atoms with Crippen molar-refractivity contribution < 1.29 is 24.0 Å². The van der Waals surface area contributed by atoms with Crippen LogP contribution in [0.4, 0.5) is 11.4 Å². The molecule has 0 spiro atoms. The van der Waals surface area contributed by atoms with E-state index in [4.69, 9.17) is 21.1 Å². The monoisotopic (exact) mass is 378 g/mol. The van der Waals surface area contributed by atoms with Gasteiger partial charge in [-0.15, -0.1) is 0 Å². The summed E-state index contributed by atoms with van der Waals surface area (Å²) in [7, 11) is 0. The zero-order valence-corrected chi connectivity index (χ0v) is 14.4. The van der Waals surface area contributed by atoms with Crippen LogP contribution in [0.2, 0.25) is 5.02 Å². The molecule has 136 valence electrons. The Morgan fingerprint density at radius 3 is 2.58 bits per heavy atom. The molecule has 0 heterocycles. The molecule has 2 rings (SSSR count). The molecule has 0 saturated heterocycles. The normalized spacial score (nSPS) is 11.3. The molecule has 2 aromatic rings. The van der Waals surface area contributed by atoms with Gasteiger partial charge in [0.2, 0.25) is 0 Å². The number of non-ortho nitro benzene ring substituents is 1. The van der Waals surface area contributed by atoms with Gasteiger partial charge >= 0.3 is 5.97 Å². The molecule has 8 nitrogen and oxygen atoms in total. The number of hydrogen-bond donors (Lipinski definition) is 1. The molecule has 0 bridgehead atoms. The second-order valence-electron chi connectivity index (χ2n) is 5.18. The van der Waals surface area contributed by atoms with Gasteiger partial charge in [0.25, 0.3) is 11.6 Å². The SMILES string of the molecule is C[C@@H](Oc1ccc(Cl)cc1)C(=O)OCC(=O)Nc1cccc([N+](=O)[O-])c1. The molecule has 9 heteroatoms. The Hall–Kier alpha value is -3.13. The highest BCUT2D eigenvalue weighted by Gasteiger charge is 2.18. The molecule has 0 aromatic heterocycles. The first kappa shape index (κ1) is 19.2. The van der Waals surface area contributed by atoms with Gasteiger partial charge in [0, 0.05) is 22.8 Å². The predicted octanol–water partition coefficient (Wildman–Crippen LogP) is 3.20. The molecular formula is C17H15ClN2O6. The lowest BCUT2D eigenvalue weighted by Crippen LogP contribution is -2.29. The number of nitro groups is 1. The van der Waals surface area contributed by atoms with Crippen molar-refractivity contribution in [3.05, 3.63) is 63.7 Å². The summed E-state index contributed by atoms with van der Waals surface area (Å²) in [6.45, 7) is 0.936. The number of anilines is 1. The van der Waals surface area contributed by atoms with Crippen LogP contribution in [0.25, 0.3) is 0 Å². The van der Waals surface area contributed by atoms with Gasteiger partial charge in [0.05, 0.1) is 4.92 Å². The van der Waals surface area contributed by atoms with Crippen molar-refractivity contribution in [3.63, 3.8) is 0 Å². The van der Waals surface area contributed by atoms with Crippen molar-refractivity contribution in [2.75, 3.05) is 11.9 Å². The average Bonchev–Trinajstić information content (AvgIpc) is 2.61. The topological polar surface area (TPSA) is 108 Å². The Morgan fingerprint density at radius 2 is 1.92 bits per heavy atom. The first-order valence-corrected chi connectivity index (χ1v) is 7.86. The van der Waals surface area contributed by atoms with Gasteiger partial charge in [0.15, 0.2) is 12.7 Å². The zero-order valence-electron chi connectivity index (χ0n) is 13.7. The minimum Gasteiger partial charge on any atom is -0.479 e. The van der Waals surface area contributed by atoms with E-state index in [-0.39, 0.29) is 11.4 Å². The maximum Gasteiger partial charge on any atom is 0.347 e. The molecule has 1 atom stereocenters. The molecule has 0 aliphatic rings. The standard InChI is InChI=1S/C17H15ClN2O6/c1-11(26-15-7-5-12(18)6-8-15)17(22)25-10-16(21)19-13-3-2-4-14(9-13)20(23)24/h2-9,11H,10H2,1H3,(H,19,21)/t11-/m1/s1. The van der Waals surface area contributed by atoms with E-state index in [1.165, 1.54) is 31.2 Å². The molecule has 0 unspecified atom stereocenters. The van der Waals surface area contributed by atoms with Crippen molar-refractivity contribution in [1.82, 2.24) is 0 Å². The number of nitrogens with one attached hydrogen (secondary N) is 1. The Balaban J connectivity index is 1.82. The number of nitrogens with zero attached hydrogens (tertiary/aromatic N) is 1. The number of hydrogen-bond acceptors (Lipinski definition) is 6. The van der Waals surface area contributed by atoms with Crippen LogP contribution in [-0.4, -0.2) is 29.5 Å². The Kier molecular flexibility index (Phi) is 6.51. The van der Waals surface area contributed by atoms with Crippen molar-refractivity contribution in [1.29, 1.82) is 0 Å². The van der Waals surface area contributed by atoms with E-state index in [0.29, 0.717) is 10.8 Å². The van der Waals surface area contributed by atoms with E-state index in [2.05, 4.69) is 5.32 Å². The van der Waals surface area contributed by atoms with Gasteiger partial charge in [-0.2, -0.15) is 0 Å². The first-order chi connectivity index (χ1) is 12.3. The highest BCUT2D eigenvalue weighted by molar-refractivity contribution is 6.30. The van der Waals surface area contributed by atoms with Crippen LogP contribution in [-0.2, 0) is 14.3 Å². The van der Waals surface area contributed by atoms with Crippen molar-refractivity contribution in [2.45, 2.75) is 13.0 Å². The number of amides is 1. The maximum absolute atomic E-state index is 11.9. The van der Waals surface area contributed by atoms with Crippen LogP contribution in [0.1, 0.15) is 6.92 Å². The van der Waals surface area contributed by atoms with Crippen LogP contribution in [0.15, 0.2) is 48.5 Å². The molecule has 0 saturated carbocycles. The summed E-state index contributed by atoms with van der Waals surface area (Å²) in [6, 6.07) is 11.8. The third-order valence-corrected chi connectivity index (χ3v) is 3.40. The number of benzene rings is 2. The van der Waals surface area contributed by atoms with Gasteiger partial charge in [-0.3, -0.25) is 14.9 Å². The van der Waals surface area contributed by atoms with Gasteiger partial charge < -0.3 is 14.8 Å². The smallest absolute Gasteiger partial charge is 0.347 e. The lowest BCUT2D eigenvalue weighted by Gasteiger charge is -2.14. The molecule has 1 amide bonds. The van der Waals surface area contributed by atoms with Gasteiger partial charge in [-0.05, 0) is 37.3 Å². The third-order valence-electron chi connectivity index (χ3n) is 3.14. The number of carbonyl (C=O) groups is 2. The van der Waals surface area contributed by atoms with E-state index in [1.807, 2.05) is 0 Å². The van der Waals surface area contributed by atoms with E-state index in [0.717, 1.165) is 0 Å². The van der Waals surface area contributed by atoms with Gasteiger partial charge in [-0.1, -0.05) is 17.7 Å². The van der Waals surface area contributed by atoms with E-state index < -0.39 is 29.5 Å². The van der Waals surface area contributed by atoms with E-state index in [1.54, 1.807) is 24.3 Å². The van der Waals surface area contributed by atoms with E-state index >= 15 is 0 Å². The van der Waals surface area contributed by atoms with Crippen molar-refractivity contribution >= 4 is 34.9 Å². The van der Waals surface area contributed by atoms with E-state index in [9.17, 15) is 19.7 Å². The van der Waals surface area contributed by atoms with Crippen LogP contribution < -0.4 is 10.1 Å². The predicted molar refractivity (Wildman–Crippen MR) is 94.2 cm³/mol. The lowest BCUT2D eigenvalue weighted by molar-refractivity contribution is -0.384. The van der Waals surface area contributed by atoms with Crippen LogP contribution in [0, 0.1) is 10.1 Å². The number of carbonyl (C=O) groups excluding carboxylic acids is 2. The minimum atomic E-state index is -0.929. The van der Waals surface area contributed by atoms with Crippen LogP contribution in [0.5, 0.6) is 5.75 Å². The summed E-state index contributed by atoms with van der Waals surface area (Å²) in [5.74, 6) is -0.924. The average molecular weight is 379 g/mol. The molecule has 1 N–H and O–H groups in total. The number of halogens is 1. The lowest BCUT2D eigenvalue weighted by atomic mass is 10.3. The molecule has 0 aliphatic heterocycles. The summed E-state index contributed by atoms with van der Waals surface area (Å²) >= 11 is 5.76. The molecular weight excluding hydrogens is 364 g/mol. The Labute approximate surface area is 153 Å². The molecule has 0 fully saturated rings. The highest BCUT2D eigenvalue weighted by atomic mass is 35.5. The number of nitro benzene ring substituents is 1. The molecule has 2 aromatic carbocycles. The highest BCUT2D eigenvalue weighted by Crippen LogP contribution is 2.18. The summed E-state index contributed by atoms with van der Waals surface area (Å²) in [5, 5.41) is 13.6. The van der Waals surface area contributed by atoms with Crippen molar-refractivity contribution in [2.24, 2.45) is 0 Å². The summed E-state index contributed by atoms with van der Waals surface area (Å²) in [6.07, 6.45) is -0.929. The molecule has 0 radical (unpaired) electrons. The van der Waals surface area contributed by atoms with Gasteiger partial charge in [0.1, 0.15) is 5.75 Å². The fraction of sp³-hybridized carbons (Fsp3) is 0.176. The second-order valence-corrected chi connectivity index (χ2v) is 5.61. The minimum absolute atomic E-state index is 0.162. The summed E-state index contributed by atoms with van der Waals surface area (Å²) < 4.78 is 10.3. The van der Waals surface area contributed by atoms with Gasteiger partial charge in [-0.25, -0.2) is 4.79 Å². The summed E-state index contributed by atoms with van der Waals surface area (Å²) in [4.78, 5) is 33.8. The number of esters is 1. The Bertz CT molecular complexity index is 809. The third kappa shape index (κ3) is 5.75. The number of rotatable bonds is 7. The second kappa shape index (κ2) is 8.82. The van der Waals surface area contributed by atoms with Crippen molar-refractivity contribution in [3.8, 4) is 5.75 Å². The van der Waals surface area contributed by atoms with Crippen LogP contribution >= 0.6 is 11.6 Å². The number of ether oxygens (including phenoxy) is 2. The molecule has 0 aliphatic carbocycles. The maximum atomic E-state index is 11.9. The zero-order chi connectivity index (χ0) is 19.1. The quantitative estimate of drug-likeness (QED) is 0.450. The first-order valence-electron chi connectivity index (χ1n) is 7.48. The fourth-order valence-corrected chi connectivity index (χ4v) is 2.04. The molecule has 26 heavy (non-hydrogen) atoms. The summed E-state index contributed by atoms with van der Waals surface area (Å²) in [5.41, 5.74) is 0.0653. The Morgan fingerprint density at radius 1 is 1.23 bits per heavy atom. The fourth-order valence-electron chi connectivity index (χ4n) is 1.91. The van der Waals surface area contributed by atoms with Crippen LogP contribution in [0.3, 0.4) is 0 Å². The largest absolute Gasteiger partial charge is 0.479 e.